The molecule has 0 aromatic carbocycles. The third-order valence-electron chi connectivity index (χ3n) is 1.34. The molecule has 1 aliphatic heterocycles. The van der Waals surface area contributed by atoms with Crippen LogP contribution in [0.2, 0.25) is 0 Å². The molecule has 1 aliphatic rings. The Hall–Kier alpha value is -1.05. The molecule has 1 saturated heterocycles. The van der Waals surface area contributed by atoms with Gasteiger partial charge in [0.1, 0.15) is 0 Å². The second-order valence-electron chi connectivity index (χ2n) is 2.16. The first-order chi connectivity index (χ1) is 4.20. The van der Waals surface area contributed by atoms with Crippen molar-refractivity contribution in [2.75, 3.05) is 0 Å². The molecule has 1 rings (SSSR count). The third-order valence-corrected chi connectivity index (χ3v) is 1.34. The van der Waals surface area contributed by atoms with E-state index in [2.05, 4.69) is 18.5 Å². The fourth-order valence-corrected chi connectivity index (χ4v) is 0.727. The number of hydrogen-bond donors (Lipinski definition) is 1. The van der Waals surface area contributed by atoms with Crippen LogP contribution in [-0.2, 0) is 4.79 Å². The van der Waals surface area contributed by atoms with Crippen LogP contribution in [0.3, 0.4) is 0 Å². The standard InChI is InChI=1S/C7H9NO/c1-5-3-4-6(2)8-7(5)9/h1-4H2,(H,8,9). The van der Waals surface area contributed by atoms with Crippen molar-refractivity contribution in [3.8, 4) is 0 Å². The van der Waals surface area contributed by atoms with Gasteiger partial charge in [0, 0.05) is 11.3 Å². The molecule has 0 atom stereocenters. The van der Waals surface area contributed by atoms with Gasteiger partial charge in [0.2, 0.25) is 0 Å². The molecule has 0 saturated carbocycles. The zero-order valence-electron chi connectivity index (χ0n) is 5.24. The number of amides is 1. The van der Waals surface area contributed by atoms with E-state index in [1.165, 1.54) is 0 Å². The van der Waals surface area contributed by atoms with Gasteiger partial charge in [0.05, 0.1) is 0 Å². The molecule has 0 aromatic heterocycles. The van der Waals surface area contributed by atoms with Crippen molar-refractivity contribution in [2.45, 2.75) is 12.8 Å². The van der Waals surface area contributed by atoms with Crippen molar-refractivity contribution >= 4 is 5.91 Å². The van der Waals surface area contributed by atoms with Crippen LogP contribution in [0.1, 0.15) is 12.8 Å². The van der Waals surface area contributed by atoms with Gasteiger partial charge in [-0.15, -0.1) is 0 Å². The Balaban J connectivity index is 2.64. The minimum Gasteiger partial charge on any atom is -0.327 e. The van der Waals surface area contributed by atoms with Crippen molar-refractivity contribution in [2.24, 2.45) is 0 Å². The molecule has 2 nitrogen and oxygen atoms in total. The number of piperidine rings is 1. The molecule has 0 aromatic rings. The maximum absolute atomic E-state index is 10.7. The van der Waals surface area contributed by atoms with E-state index in [1.54, 1.807) is 0 Å². The molecule has 2 heteroatoms. The summed E-state index contributed by atoms with van der Waals surface area (Å²) in [5.41, 5.74) is 1.45. The summed E-state index contributed by atoms with van der Waals surface area (Å²) in [6.45, 7) is 7.20. The van der Waals surface area contributed by atoms with Gasteiger partial charge in [-0.1, -0.05) is 13.2 Å². The quantitative estimate of drug-likeness (QED) is 0.478. The van der Waals surface area contributed by atoms with E-state index in [9.17, 15) is 4.79 Å². The molecule has 0 unspecified atom stereocenters. The Morgan fingerprint density at radius 1 is 1.33 bits per heavy atom. The van der Waals surface area contributed by atoms with E-state index in [-0.39, 0.29) is 5.91 Å². The van der Waals surface area contributed by atoms with E-state index >= 15 is 0 Å². The SMILES string of the molecule is C=C1CCC(=C)C(=O)N1. The number of nitrogens with one attached hydrogen (secondary N) is 1. The number of allylic oxidation sites excluding steroid dienone is 1. The maximum atomic E-state index is 10.7. The Morgan fingerprint density at radius 3 is 2.44 bits per heavy atom. The van der Waals surface area contributed by atoms with E-state index < -0.39 is 0 Å². The highest BCUT2D eigenvalue weighted by Gasteiger charge is 2.13. The van der Waals surface area contributed by atoms with Crippen molar-refractivity contribution in [1.82, 2.24) is 5.32 Å². The summed E-state index contributed by atoms with van der Waals surface area (Å²) in [7, 11) is 0. The predicted octanol–water partition coefficient (Wildman–Crippen LogP) is 0.966. The van der Waals surface area contributed by atoms with Crippen molar-refractivity contribution in [3.05, 3.63) is 24.4 Å². The lowest BCUT2D eigenvalue weighted by atomic mass is 10.1. The Bertz CT molecular complexity index is 181. The van der Waals surface area contributed by atoms with Crippen LogP contribution >= 0.6 is 0 Å². The monoisotopic (exact) mass is 123 g/mol. The first-order valence-corrected chi connectivity index (χ1v) is 2.87. The fraction of sp³-hybridized carbons (Fsp3) is 0.286. The molecule has 1 N–H and O–H groups in total. The van der Waals surface area contributed by atoms with Crippen LogP contribution in [0.25, 0.3) is 0 Å². The highest BCUT2D eigenvalue weighted by molar-refractivity contribution is 5.94. The average molecular weight is 123 g/mol. The smallest absolute Gasteiger partial charge is 0.250 e. The minimum absolute atomic E-state index is 0.0775. The van der Waals surface area contributed by atoms with Gasteiger partial charge in [0.15, 0.2) is 0 Å². The molecular weight excluding hydrogens is 114 g/mol. The summed E-state index contributed by atoms with van der Waals surface area (Å²) in [5.74, 6) is -0.0775. The number of rotatable bonds is 0. The summed E-state index contributed by atoms with van der Waals surface area (Å²) < 4.78 is 0. The second kappa shape index (κ2) is 2.05. The summed E-state index contributed by atoms with van der Waals surface area (Å²) in [6, 6.07) is 0. The predicted molar refractivity (Wildman–Crippen MR) is 35.7 cm³/mol. The van der Waals surface area contributed by atoms with Crippen LogP contribution in [0.5, 0.6) is 0 Å². The molecule has 0 radical (unpaired) electrons. The van der Waals surface area contributed by atoms with Crippen LogP contribution in [-0.4, -0.2) is 5.91 Å². The van der Waals surface area contributed by atoms with Crippen molar-refractivity contribution < 1.29 is 4.79 Å². The summed E-state index contributed by atoms with van der Waals surface area (Å²) >= 11 is 0. The van der Waals surface area contributed by atoms with E-state index in [0.29, 0.717) is 5.57 Å². The lowest BCUT2D eigenvalue weighted by Gasteiger charge is -2.15. The van der Waals surface area contributed by atoms with Gasteiger partial charge in [-0.25, -0.2) is 0 Å². The fourth-order valence-electron chi connectivity index (χ4n) is 0.727. The number of hydrogen-bond acceptors (Lipinski definition) is 1. The van der Waals surface area contributed by atoms with Crippen LogP contribution in [0.4, 0.5) is 0 Å². The molecule has 1 heterocycles. The summed E-state index contributed by atoms with van der Waals surface area (Å²) in [5, 5.41) is 2.60. The lowest BCUT2D eigenvalue weighted by molar-refractivity contribution is -0.117. The van der Waals surface area contributed by atoms with Crippen molar-refractivity contribution in [1.29, 1.82) is 0 Å². The molecule has 48 valence electrons. The number of carbonyl (C=O) groups excluding carboxylic acids is 1. The van der Waals surface area contributed by atoms with Gasteiger partial charge >= 0.3 is 0 Å². The van der Waals surface area contributed by atoms with Gasteiger partial charge < -0.3 is 5.32 Å². The molecule has 0 spiro atoms. The van der Waals surface area contributed by atoms with Crippen LogP contribution in [0, 0.1) is 0 Å². The van der Waals surface area contributed by atoms with Crippen LogP contribution in [0.15, 0.2) is 24.4 Å². The summed E-state index contributed by atoms with van der Waals surface area (Å²) in [6.07, 6.45) is 1.59. The van der Waals surface area contributed by atoms with Gasteiger partial charge in [-0.2, -0.15) is 0 Å². The highest BCUT2D eigenvalue weighted by atomic mass is 16.1. The minimum atomic E-state index is -0.0775. The van der Waals surface area contributed by atoms with E-state index in [4.69, 9.17) is 0 Å². The van der Waals surface area contributed by atoms with Gasteiger partial charge in [0.25, 0.3) is 5.91 Å². The second-order valence-corrected chi connectivity index (χ2v) is 2.16. The zero-order valence-corrected chi connectivity index (χ0v) is 5.24. The first-order valence-electron chi connectivity index (χ1n) is 2.87. The van der Waals surface area contributed by atoms with Crippen molar-refractivity contribution in [3.63, 3.8) is 0 Å². The highest BCUT2D eigenvalue weighted by Crippen LogP contribution is 2.12. The van der Waals surface area contributed by atoms with E-state index in [0.717, 1.165) is 18.5 Å². The Labute approximate surface area is 54.3 Å². The largest absolute Gasteiger partial charge is 0.327 e. The normalized spacial score (nSPS) is 19.8. The topological polar surface area (TPSA) is 29.1 Å². The molecule has 0 aliphatic carbocycles. The molecular formula is C7H9NO. The molecule has 0 bridgehead atoms. The Morgan fingerprint density at radius 2 is 2.00 bits per heavy atom. The molecule has 1 amide bonds. The maximum Gasteiger partial charge on any atom is 0.250 e. The number of carbonyl (C=O) groups is 1. The van der Waals surface area contributed by atoms with Gasteiger partial charge in [-0.3, -0.25) is 4.79 Å². The van der Waals surface area contributed by atoms with E-state index in [1.807, 2.05) is 0 Å². The third kappa shape index (κ3) is 1.19. The zero-order chi connectivity index (χ0) is 6.85. The average Bonchev–Trinajstić information content (AvgIpc) is 1.80. The molecule has 9 heavy (non-hydrogen) atoms. The lowest BCUT2D eigenvalue weighted by Crippen LogP contribution is -2.27. The Kier molecular flexibility index (Phi) is 1.39. The first kappa shape index (κ1) is 6.08. The van der Waals surface area contributed by atoms with Crippen LogP contribution < -0.4 is 5.32 Å². The summed E-state index contributed by atoms with van der Waals surface area (Å²) in [4.78, 5) is 10.7. The van der Waals surface area contributed by atoms with Gasteiger partial charge in [-0.05, 0) is 12.8 Å². The molecule has 1 fully saturated rings.